The van der Waals surface area contributed by atoms with E-state index >= 15 is 0 Å². The Morgan fingerprint density at radius 1 is 0.477 bits per heavy atom. The standard InChI is InChI=1S/C23H34O3.C22H34O3.2C14H20O4.2C10H14O/c1-15-13-18-14-17(11-12-20(18)16(15)2)21(24)26-22(23(3,4)5)25-19-9-7-6-8-10-19;1-6-16(2)17-12-14-18(15-13-17)20(23)25-21(22(3,4)5)24-19-10-8-7-9-11-19;2*1-4-14(2,3)13(16)18-10-7-5-8-9(6-7)12(15)17-11(8)10;2*1-3-8(2)9-4-6-10(11)7-5-9/h11-12,14-16,19,22H,6-10,13H2,1-5H3;12-16,19,21H,6-11H2,1-5H3;2*7-11H,4-6H2,1-3H3;2*4-8,11H,3H2,1-2H3. The summed E-state index contributed by atoms with van der Waals surface area (Å²) in [6.45, 7) is 41.5. The summed E-state index contributed by atoms with van der Waals surface area (Å²) in [6.07, 6.45) is 19.8. The Morgan fingerprint density at radius 2 is 0.826 bits per heavy atom. The van der Waals surface area contributed by atoms with Crippen LogP contribution in [-0.2, 0) is 63.5 Å². The second kappa shape index (κ2) is 38.6. The van der Waals surface area contributed by atoms with Crippen molar-refractivity contribution >= 4 is 35.8 Å². The molecule has 13 rings (SSSR count). The molecule has 2 saturated heterocycles. The number of aromatic hydroxyl groups is 2. The maximum atomic E-state index is 12.8. The van der Waals surface area contributed by atoms with Gasteiger partial charge in [-0.1, -0.05) is 192 Å². The number of hydrogen-bond donors (Lipinski definition) is 2. The van der Waals surface area contributed by atoms with Crippen LogP contribution in [0.2, 0.25) is 0 Å². The van der Waals surface area contributed by atoms with Gasteiger partial charge in [-0.25, -0.2) is 9.59 Å². The topological polar surface area (TPSA) is 217 Å². The molecule has 4 aromatic carbocycles. The molecule has 109 heavy (non-hydrogen) atoms. The largest absolute Gasteiger partial charge is 0.508 e. The molecular weight excluding hydrogens is 1370 g/mol. The number of phenolic OH excluding ortho intramolecular Hbond substituents is 2. The van der Waals surface area contributed by atoms with Gasteiger partial charge in [0.05, 0.1) is 46.0 Å². The lowest BCUT2D eigenvalue weighted by atomic mass is 9.87. The zero-order chi connectivity index (χ0) is 80.0. The van der Waals surface area contributed by atoms with Crippen LogP contribution < -0.4 is 0 Å². The average Bonchev–Trinajstić information content (AvgIpc) is 1.58. The molecule has 604 valence electrons. The number of carbonyl (C=O) groups excluding carboxylic acids is 6. The van der Waals surface area contributed by atoms with Crippen molar-refractivity contribution in [3.63, 3.8) is 0 Å². The van der Waals surface area contributed by atoms with E-state index in [0.29, 0.717) is 75.9 Å². The molecule has 17 unspecified atom stereocenters. The Bertz CT molecular complexity index is 3460. The van der Waals surface area contributed by atoms with E-state index < -0.39 is 23.4 Å². The smallest absolute Gasteiger partial charge is 0.340 e. The van der Waals surface area contributed by atoms with Gasteiger partial charge in [-0.15, -0.1) is 0 Å². The first-order valence-electron chi connectivity index (χ1n) is 41.8. The molecule has 0 radical (unpaired) electrons. The summed E-state index contributed by atoms with van der Waals surface area (Å²) >= 11 is 0. The maximum absolute atomic E-state index is 12.8. The summed E-state index contributed by atoms with van der Waals surface area (Å²) in [5, 5.41) is 18.0. The summed E-state index contributed by atoms with van der Waals surface area (Å²) in [5.41, 5.74) is 6.35. The number of fused-ring (bicyclic) bond motifs is 3. The van der Waals surface area contributed by atoms with Crippen LogP contribution in [0.15, 0.2) is 91.0 Å². The first kappa shape index (κ1) is 87.8. The van der Waals surface area contributed by atoms with Crippen LogP contribution in [0.4, 0.5) is 0 Å². The Kier molecular flexibility index (Phi) is 31.1. The molecule has 0 amide bonds. The van der Waals surface area contributed by atoms with Gasteiger partial charge in [0.1, 0.15) is 35.9 Å². The lowest BCUT2D eigenvalue weighted by molar-refractivity contribution is -0.194. The van der Waals surface area contributed by atoms with E-state index in [9.17, 15) is 28.8 Å². The Labute approximate surface area is 653 Å². The third-order valence-corrected chi connectivity index (χ3v) is 25.5. The van der Waals surface area contributed by atoms with Crippen molar-refractivity contribution in [3.05, 3.63) is 130 Å². The van der Waals surface area contributed by atoms with E-state index in [-0.39, 0.29) is 95.1 Å². The molecule has 16 nitrogen and oxygen atoms in total. The highest BCUT2D eigenvalue weighted by atomic mass is 16.7. The molecule has 16 heteroatoms. The summed E-state index contributed by atoms with van der Waals surface area (Å²) in [4.78, 5) is 72.9. The summed E-state index contributed by atoms with van der Waals surface area (Å²) < 4.78 is 46.1. The third-order valence-electron chi connectivity index (χ3n) is 25.5. The molecule has 6 saturated carbocycles. The van der Waals surface area contributed by atoms with Crippen LogP contribution in [0.3, 0.4) is 0 Å². The van der Waals surface area contributed by atoms with Crippen molar-refractivity contribution in [3.8, 4) is 11.5 Å². The number of ether oxygens (including phenoxy) is 8. The lowest BCUT2D eigenvalue weighted by Crippen LogP contribution is -2.39. The Balaban J connectivity index is 0.000000169. The van der Waals surface area contributed by atoms with Crippen molar-refractivity contribution in [2.24, 2.45) is 63.1 Å². The number of esters is 6. The molecule has 4 aromatic rings. The maximum Gasteiger partial charge on any atom is 0.340 e. The fraction of sp³-hybridized carbons (Fsp3) is 0.677. The van der Waals surface area contributed by atoms with Crippen molar-refractivity contribution in [2.75, 3.05) is 0 Å². The predicted molar refractivity (Wildman–Crippen MR) is 427 cm³/mol. The number of hydrogen-bond acceptors (Lipinski definition) is 16. The van der Waals surface area contributed by atoms with Gasteiger partial charge in [0.2, 0.25) is 12.6 Å². The molecule has 7 aliphatic carbocycles. The first-order chi connectivity index (χ1) is 51.4. The van der Waals surface area contributed by atoms with Crippen molar-refractivity contribution in [1.29, 1.82) is 0 Å². The SMILES string of the molecule is CC1Cc2cc(C(=O)OC(OC3CCCCC3)C(C)(C)C)ccc2C1C.CCC(C)(C)C(=O)OC1C2CC3C(=O)OC1C3C2.CCC(C)(C)C(=O)OC1C2CC3C(=O)OC1C3C2.CCC(C)c1ccc(C(=O)OC(OC2CCCCC2)C(C)(C)C)cc1.CCC(C)c1ccc(O)cc1.CCC(C)c1ccc(O)cc1. The van der Waals surface area contributed by atoms with E-state index in [2.05, 4.69) is 103 Å². The predicted octanol–water partition coefficient (Wildman–Crippen LogP) is 21.6. The molecule has 2 N–H and O–H groups in total. The van der Waals surface area contributed by atoms with E-state index in [1.54, 1.807) is 24.3 Å². The number of phenols is 2. The van der Waals surface area contributed by atoms with Gasteiger partial charge < -0.3 is 48.1 Å². The monoisotopic (exact) mass is 1510 g/mol. The van der Waals surface area contributed by atoms with Crippen LogP contribution in [0.5, 0.6) is 11.5 Å². The van der Waals surface area contributed by atoms with Crippen LogP contribution >= 0.6 is 0 Å². The van der Waals surface area contributed by atoms with Crippen LogP contribution in [0.1, 0.15) is 333 Å². The number of rotatable bonds is 20. The van der Waals surface area contributed by atoms with Crippen LogP contribution in [0.25, 0.3) is 0 Å². The highest BCUT2D eigenvalue weighted by molar-refractivity contribution is 5.90. The second-order valence-corrected chi connectivity index (χ2v) is 36.6. The zero-order valence-corrected chi connectivity index (χ0v) is 69.9. The average molecular weight is 1510 g/mol. The van der Waals surface area contributed by atoms with Gasteiger partial charge >= 0.3 is 35.8 Å². The van der Waals surface area contributed by atoms with Crippen molar-refractivity contribution < 1.29 is 76.9 Å². The molecule has 0 spiro atoms. The fourth-order valence-corrected chi connectivity index (χ4v) is 16.3. The molecule has 2 aliphatic heterocycles. The zero-order valence-electron chi connectivity index (χ0n) is 69.9. The van der Waals surface area contributed by atoms with Crippen LogP contribution in [0, 0.1) is 63.1 Å². The highest BCUT2D eigenvalue weighted by Gasteiger charge is 2.65. The first-order valence-corrected chi connectivity index (χ1v) is 41.8. The molecule has 9 aliphatic rings. The van der Waals surface area contributed by atoms with E-state index in [0.717, 1.165) is 89.9 Å². The Morgan fingerprint density at radius 3 is 1.17 bits per heavy atom. The van der Waals surface area contributed by atoms with Gasteiger partial charge in [-0.3, -0.25) is 19.2 Å². The van der Waals surface area contributed by atoms with E-state index in [4.69, 9.17) is 48.1 Å². The quantitative estimate of drug-likeness (QED) is 0.0478. The van der Waals surface area contributed by atoms with E-state index in [1.807, 2.05) is 102 Å². The molecule has 4 bridgehead atoms. The van der Waals surface area contributed by atoms with Gasteiger partial charge in [-0.2, -0.15) is 0 Å². The second-order valence-electron chi connectivity index (χ2n) is 36.6. The molecule has 0 aromatic heterocycles. The summed E-state index contributed by atoms with van der Waals surface area (Å²) in [6, 6.07) is 28.7. The minimum atomic E-state index is -0.516. The minimum Gasteiger partial charge on any atom is -0.508 e. The fourth-order valence-electron chi connectivity index (χ4n) is 16.3. The minimum absolute atomic E-state index is 0.0779. The molecule has 8 fully saturated rings. The van der Waals surface area contributed by atoms with Gasteiger partial charge in [0.25, 0.3) is 0 Å². The molecule has 17 atom stereocenters. The van der Waals surface area contributed by atoms with Crippen molar-refractivity contribution in [1.82, 2.24) is 0 Å². The van der Waals surface area contributed by atoms with Gasteiger partial charge in [0.15, 0.2) is 0 Å². The lowest BCUT2D eigenvalue weighted by Gasteiger charge is -2.34. The molecule has 2 heterocycles. The number of benzene rings is 4. The van der Waals surface area contributed by atoms with Crippen LogP contribution in [-0.4, -0.2) is 95.2 Å². The summed E-state index contributed by atoms with van der Waals surface area (Å²) in [7, 11) is 0. The summed E-state index contributed by atoms with van der Waals surface area (Å²) in [5.74, 6) is 3.91. The number of carbonyl (C=O) groups is 6. The van der Waals surface area contributed by atoms with Gasteiger partial charge in [0, 0.05) is 34.5 Å². The van der Waals surface area contributed by atoms with Crippen molar-refractivity contribution in [2.45, 2.75) is 340 Å². The third kappa shape index (κ3) is 23.0. The Hall–Kier alpha value is -6.78. The highest BCUT2D eigenvalue weighted by Crippen LogP contribution is 2.57. The van der Waals surface area contributed by atoms with Gasteiger partial charge in [-0.05, 0) is 224 Å². The van der Waals surface area contributed by atoms with E-state index in [1.165, 1.54) is 66.3 Å². The molecular formula is C93H136O16. The normalized spacial score (nSPS) is 26.4.